The average Bonchev–Trinajstić information content (AvgIpc) is 2.19. The van der Waals surface area contributed by atoms with E-state index in [0.29, 0.717) is 0 Å². The Kier molecular flexibility index (Phi) is 4.10. The van der Waals surface area contributed by atoms with Crippen LogP contribution in [0.2, 0.25) is 0 Å². The molecule has 0 aliphatic carbocycles. The molecule has 0 bridgehead atoms. The molecule has 1 rings (SSSR count). The van der Waals surface area contributed by atoms with Crippen molar-refractivity contribution in [3.05, 3.63) is 43.0 Å². The first-order chi connectivity index (χ1) is 6.36. The predicted octanol–water partition coefficient (Wildman–Crippen LogP) is 3.42. The van der Waals surface area contributed by atoms with Crippen molar-refractivity contribution in [3.8, 4) is 5.75 Å². The second kappa shape index (κ2) is 5.41. The molecule has 0 unspecified atom stereocenters. The van der Waals surface area contributed by atoms with Crippen molar-refractivity contribution in [2.75, 3.05) is 0 Å². The Hall–Kier alpha value is -1.24. The topological polar surface area (TPSA) is 9.23 Å². The summed E-state index contributed by atoms with van der Waals surface area (Å²) in [6, 6.07) is 9.86. The summed E-state index contributed by atoms with van der Waals surface area (Å²) in [5, 5.41) is 0. The number of para-hydroxylation sites is 1. The van der Waals surface area contributed by atoms with Crippen LogP contribution in [-0.4, -0.2) is 6.10 Å². The molecule has 1 atom stereocenters. The van der Waals surface area contributed by atoms with Crippen molar-refractivity contribution in [2.24, 2.45) is 0 Å². The van der Waals surface area contributed by atoms with Crippen molar-refractivity contribution in [3.63, 3.8) is 0 Å². The summed E-state index contributed by atoms with van der Waals surface area (Å²) < 4.78 is 5.69. The SMILES string of the molecule is C=C[C@@H](CCC)Oc1ccccc1. The molecule has 1 aromatic rings. The molecule has 1 aromatic carbocycles. The van der Waals surface area contributed by atoms with E-state index in [1.165, 1.54) is 0 Å². The molecular formula is C12H16O. The first kappa shape index (κ1) is 9.85. The Balaban J connectivity index is 2.51. The normalized spacial score (nSPS) is 12.1. The van der Waals surface area contributed by atoms with E-state index in [-0.39, 0.29) is 6.10 Å². The van der Waals surface area contributed by atoms with E-state index in [4.69, 9.17) is 4.74 Å². The van der Waals surface area contributed by atoms with Gasteiger partial charge in [0.2, 0.25) is 0 Å². The van der Waals surface area contributed by atoms with E-state index in [1.54, 1.807) is 0 Å². The molecule has 70 valence electrons. The number of ether oxygens (including phenoxy) is 1. The van der Waals surface area contributed by atoms with Gasteiger partial charge in [-0.05, 0) is 18.6 Å². The van der Waals surface area contributed by atoms with Crippen molar-refractivity contribution in [1.29, 1.82) is 0 Å². The fraction of sp³-hybridized carbons (Fsp3) is 0.333. The summed E-state index contributed by atoms with van der Waals surface area (Å²) in [5.41, 5.74) is 0. The third-order valence-electron chi connectivity index (χ3n) is 1.87. The van der Waals surface area contributed by atoms with Gasteiger partial charge < -0.3 is 4.74 Å². The minimum atomic E-state index is 0.146. The van der Waals surface area contributed by atoms with Gasteiger partial charge in [0.25, 0.3) is 0 Å². The Bertz CT molecular complexity index is 241. The number of rotatable bonds is 5. The standard InChI is InChI=1S/C12H16O/c1-3-8-11(4-2)13-12-9-6-5-7-10-12/h4-7,9-11H,2-3,8H2,1H3/t11-/m0/s1. The van der Waals surface area contributed by atoms with Gasteiger partial charge in [-0.1, -0.05) is 44.2 Å². The molecule has 0 aliphatic rings. The van der Waals surface area contributed by atoms with Gasteiger partial charge in [-0.2, -0.15) is 0 Å². The van der Waals surface area contributed by atoms with E-state index in [2.05, 4.69) is 13.5 Å². The number of hydrogen-bond acceptors (Lipinski definition) is 1. The lowest BCUT2D eigenvalue weighted by Gasteiger charge is -2.14. The van der Waals surface area contributed by atoms with E-state index in [9.17, 15) is 0 Å². The van der Waals surface area contributed by atoms with Gasteiger partial charge in [0.05, 0.1) is 0 Å². The fourth-order valence-corrected chi connectivity index (χ4v) is 1.18. The molecule has 0 saturated carbocycles. The second-order valence-corrected chi connectivity index (χ2v) is 2.99. The zero-order valence-electron chi connectivity index (χ0n) is 8.07. The van der Waals surface area contributed by atoms with Crippen LogP contribution in [-0.2, 0) is 0 Å². The van der Waals surface area contributed by atoms with E-state index >= 15 is 0 Å². The highest BCUT2D eigenvalue weighted by Crippen LogP contribution is 2.13. The Morgan fingerprint density at radius 2 is 2.08 bits per heavy atom. The Morgan fingerprint density at radius 1 is 1.38 bits per heavy atom. The van der Waals surface area contributed by atoms with Crippen LogP contribution in [0.25, 0.3) is 0 Å². The smallest absolute Gasteiger partial charge is 0.120 e. The molecule has 0 aliphatic heterocycles. The average molecular weight is 176 g/mol. The van der Waals surface area contributed by atoms with Crippen molar-refractivity contribution in [1.82, 2.24) is 0 Å². The summed E-state index contributed by atoms with van der Waals surface area (Å²) in [7, 11) is 0. The maximum Gasteiger partial charge on any atom is 0.120 e. The third kappa shape index (κ3) is 3.32. The van der Waals surface area contributed by atoms with Crippen LogP contribution in [0, 0.1) is 0 Å². The summed E-state index contributed by atoms with van der Waals surface area (Å²) in [6.07, 6.45) is 4.14. The quantitative estimate of drug-likeness (QED) is 0.624. The first-order valence-corrected chi connectivity index (χ1v) is 4.71. The van der Waals surface area contributed by atoms with Crippen LogP contribution in [0.5, 0.6) is 5.75 Å². The highest BCUT2D eigenvalue weighted by Gasteiger charge is 2.02. The van der Waals surface area contributed by atoms with Gasteiger partial charge in [-0.15, -0.1) is 0 Å². The van der Waals surface area contributed by atoms with Gasteiger partial charge in [0, 0.05) is 0 Å². The van der Waals surface area contributed by atoms with Gasteiger partial charge in [0.15, 0.2) is 0 Å². The van der Waals surface area contributed by atoms with Crippen LogP contribution < -0.4 is 4.74 Å². The fourth-order valence-electron chi connectivity index (χ4n) is 1.18. The molecule has 0 radical (unpaired) electrons. The second-order valence-electron chi connectivity index (χ2n) is 2.99. The zero-order chi connectivity index (χ0) is 9.52. The zero-order valence-corrected chi connectivity index (χ0v) is 8.07. The van der Waals surface area contributed by atoms with Crippen LogP contribution in [0.4, 0.5) is 0 Å². The Labute approximate surface area is 80.0 Å². The maximum atomic E-state index is 5.69. The lowest BCUT2D eigenvalue weighted by molar-refractivity contribution is 0.238. The van der Waals surface area contributed by atoms with E-state index in [0.717, 1.165) is 18.6 Å². The van der Waals surface area contributed by atoms with Crippen LogP contribution >= 0.6 is 0 Å². The molecule has 13 heavy (non-hydrogen) atoms. The van der Waals surface area contributed by atoms with Crippen LogP contribution in [0.1, 0.15) is 19.8 Å². The van der Waals surface area contributed by atoms with Gasteiger partial charge >= 0.3 is 0 Å². The van der Waals surface area contributed by atoms with E-state index < -0.39 is 0 Å². The van der Waals surface area contributed by atoms with Crippen LogP contribution in [0.15, 0.2) is 43.0 Å². The molecule has 0 spiro atoms. The lowest BCUT2D eigenvalue weighted by Crippen LogP contribution is -2.12. The molecule has 0 amide bonds. The van der Waals surface area contributed by atoms with Gasteiger partial charge in [-0.25, -0.2) is 0 Å². The summed E-state index contributed by atoms with van der Waals surface area (Å²) in [4.78, 5) is 0. The van der Waals surface area contributed by atoms with Gasteiger partial charge in [-0.3, -0.25) is 0 Å². The highest BCUT2D eigenvalue weighted by molar-refractivity contribution is 5.21. The largest absolute Gasteiger partial charge is 0.486 e. The molecule has 0 heterocycles. The highest BCUT2D eigenvalue weighted by atomic mass is 16.5. The third-order valence-corrected chi connectivity index (χ3v) is 1.87. The Morgan fingerprint density at radius 3 is 2.62 bits per heavy atom. The van der Waals surface area contributed by atoms with Crippen LogP contribution in [0.3, 0.4) is 0 Å². The predicted molar refractivity (Wildman–Crippen MR) is 56.0 cm³/mol. The molecule has 0 aromatic heterocycles. The summed E-state index contributed by atoms with van der Waals surface area (Å²) >= 11 is 0. The molecule has 0 fully saturated rings. The minimum absolute atomic E-state index is 0.146. The van der Waals surface area contributed by atoms with Crippen molar-refractivity contribution in [2.45, 2.75) is 25.9 Å². The maximum absolute atomic E-state index is 5.69. The monoisotopic (exact) mass is 176 g/mol. The number of benzene rings is 1. The minimum Gasteiger partial charge on any atom is -0.486 e. The van der Waals surface area contributed by atoms with Gasteiger partial charge in [0.1, 0.15) is 11.9 Å². The first-order valence-electron chi connectivity index (χ1n) is 4.71. The lowest BCUT2D eigenvalue weighted by atomic mass is 10.2. The number of hydrogen-bond donors (Lipinski definition) is 0. The van der Waals surface area contributed by atoms with Crippen molar-refractivity contribution < 1.29 is 4.74 Å². The van der Waals surface area contributed by atoms with Crippen molar-refractivity contribution >= 4 is 0 Å². The van der Waals surface area contributed by atoms with E-state index in [1.807, 2.05) is 36.4 Å². The summed E-state index contributed by atoms with van der Waals surface area (Å²) in [5.74, 6) is 0.917. The molecule has 0 saturated heterocycles. The molecule has 0 N–H and O–H groups in total. The summed E-state index contributed by atoms with van der Waals surface area (Å²) in [6.45, 7) is 5.89. The molecule has 1 nitrogen and oxygen atoms in total. The molecule has 1 heteroatoms. The molecular weight excluding hydrogens is 160 g/mol.